The third-order valence-electron chi connectivity index (χ3n) is 2.29. The average Bonchev–Trinajstić information content (AvgIpc) is 2.42. The van der Waals surface area contributed by atoms with Crippen molar-refractivity contribution in [1.82, 2.24) is 20.4 Å². The Morgan fingerprint density at radius 1 is 1.26 bits per heavy atom. The fourth-order valence-electron chi connectivity index (χ4n) is 1.27. The number of carbonyl (C=O) groups is 2. The van der Waals surface area contributed by atoms with Gasteiger partial charge in [0.05, 0.1) is 6.54 Å². The maximum absolute atomic E-state index is 11.6. The first-order chi connectivity index (χ1) is 9.04. The molecule has 0 aliphatic carbocycles. The molecule has 2 amide bonds. The van der Waals surface area contributed by atoms with E-state index in [1.54, 1.807) is 26.2 Å². The van der Waals surface area contributed by atoms with Gasteiger partial charge < -0.3 is 15.5 Å². The molecule has 7 heteroatoms. The maximum atomic E-state index is 11.6. The molecule has 0 spiro atoms. The topological polar surface area (TPSA) is 87.2 Å². The molecule has 0 atom stereocenters. The second-order valence-electron chi connectivity index (χ2n) is 4.21. The van der Waals surface area contributed by atoms with Crippen molar-refractivity contribution in [2.24, 2.45) is 0 Å². The Morgan fingerprint density at radius 2 is 2.00 bits per heavy atom. The molecule has 0 bridgehead atoms. The Kier molecular flexibility index (Phi) is 5.72. The van der Waals surface area contributed by atoms with E-state index in [2.05, 4.69) is 20.8 Å². The van der Waals surface area contributed by atoms with Gasteiger partial charge in [-0.2, -0.15) is 0 Å². The second kappa shape index (κ2) is 7.30. The molecule has 0 aliphatic heterocycles. The number of carbonyl (C=O) groups excluding carboxylic acids is 2. The van der Waals surface area contributed by atoms with E-state index in [-0.39, 0.29) is 24.1 Å². The number of rotatable bonds is 6. The van der Waals surface area contributed by atoms with Gasteiger partial charge in [0.15, 0.2) is 5.69 Å². The number of anilines is 1. The van der Waals surface area contributed by atoms with Crippen LogP contribution in [0.5, 0.6) is 0 Å². The minimum absolute atomic E-state index is 0.0999. The van der Waals surface area contributed by atoms with Crippen LogP contribution in [-0.4, -0.2) is 54.1 Å². The monoisotopic (exact) mass is 265 g/mol. The molecule has 19 heavy (non-hydrogen) atoms. The van der Waals surface area contributed by atoms with Gasteiger partial charge >= 0.3 is 0 Å². The molecule has 0 aliphatic rings. The third-order valence-corrected chi connectivity index (χ3v) is 2.29. The first-order valence-electron chi connectivity index (χ1n) is 6.10. The number of hydrogen-bond acceptors (Lipinski definition) is 5. The van der Waals surface area contributed by atoms with Gasteiger partial charge in [-0.3, -0.25) is 9.59 Å². The molecular weight excluding hydrogens is 246 g/mol. The third kappa shape index (κ3) is 4.90. The SMILES string of the molecule is CCCNC(=O)CNc1ccc(C(=O)N(C)C)nn1. The van der Waals surface area contributed by atoms with Crippen LogP contribution in [0.15, 0.2) is 12.1 Å². The Hall–Kier alpha value is -2.18. The first kappa shape index (κ1) is 14.9. The van der Waals surface area contributed by atoms with Crippen LogP contribution in [0.4, 0.5) is 5.82 Å². The molecule has 1 aromatic heterocycles. The number of nitrogens with one attached hydrogen (secondary N) is 2. The lowest BCUT2D eigenvalue weighted by Gasteiger charge is -2.09. The summed E-state index contributed by atoms with van der Waals surface area (Å²) in [5, 5.41) is 13.2. The zero-order valence-electron chi connectivity index (χ0n) is 11.4. The zero-order valence-corrected chi connectivity index (χ0v) is 11.4. The van der Waals surface area contributed by atoms with Gasteiger partial charge in [0.25, 0.3) is 5.91 Å². The maximum Gasteiger partial charge on any atom is 0.273 e. The van der Waals surface area contributed by atoms with E-state index in [9.17, 15) is 9.59 Å². The van der Waals surface area contributed by atoms with Crippen molar-refractivity contribution in [3.05, 3.63) is 17.8 Å². The Balaban J connectivity index is 2.49. The second-order valence-corrected chi connectivity index (χ2v) is 4.21. The molecule has 0 aromatic carbocycles. The highest BCUT2D eigenvalue weighted by Gasteiger charge is 2.10. The van der Waals surface area contributed by atoms with Crippen LogP contribution in [0.3, 0.4) is 0 Å². The van der Waals surface area contributed by atoms with Crippen molar-refractivity contribution in [1.29, 1.82) is 0 Å². The van der Waals surface area contributed by atoms with Gasteiger partial charge in [0.1, 0.15) is 5.82 Å². The summed E-state index contributed by atoms with van der Waals surface area (Å²) in [7, 11) is 3.29. The van der Waals surface area contributed by atoms with Crippen LogP contribution in [0, 0.1) is 0 Å². The van der Waals surface area contributed by atoms with E-state index in [1.807, 2.05) is 6.92 Å². The van der Waals surface area contributed by atoms with E-state index < -0.39 is 0 Å². The van der Waals surface area contributed by atoms with Crippen LogP contribution in [-0.2, 0) is 4.79 Å². The summed E-state index contributed by atoms with van der Waals surface area (Å²) in [6.45, 7) is 2.78. The van der Waals surface area contributed by atoms with Crippen molar-refractivity contribution in [2.75, 3.05) is 32.5 Å². The molecule has 0 radical (unpaired) electrons. The van der Waals surface area contributed by atoms with Crippen LogP contribution >= 0.6 is 0 Å². The van der Waals surface area contributed by atoms with E-state index >= 15 is 0 Å². The van der Waals surface area contributed by atoms with Crippen LogP contribution < -0.4 is 10.6 Å². The van der Waals surface area contributed by atoms with Gasteiger partial charge in [-0.1, -0.05) is 6.92 Å². The highest BCUT2D eigenvalue weighted by Crippen LogP contribution is 2.03. The fraction of sp³-hybridized carbons (Fsp3) is 0.500. The van der Waals surface area contributed by atoms with E-state index in [1.165, 1.54) is 4.90 Å². The molecule has 0 fully saturated rings. The molecular formula is C12H19N5O2. The Labute approximate surface area is 112 Å². The summed E-state index contributed by atoms with van der Waals surface area (Å²) in [6.07, 6.45) is 0.896. The molecule has 0 unspecified atom stereocenters. The minimum Gasteiger partial charge on any atom is -0.360 e. The van der Waals surface area contributed by atoms with Crippen LogP contribution in [0.25, 0.3) is 0 Å². The highest BCUT2D eigenvalue weighted by atomic mass is 16.2. The molecule has 1 aromatic rings. The van der Waals surface area contributed by atoms with Crippen molar-refractivity contribution >= 4 is 17.6 Å². The first-order valence-corrected chi connectivity index (χ1v) is 6.10. The molecule has 104 valence electrons. The van der Waals surface area contributed by atoms with Crippen LogP contribution in [0.2, 0.25) is 0 Å². The number of aromatic nitrogens is 2. The van der Waals surface area contributed by atoms with Crippen molar-refractivity contribution in [2.45, 2.75) is 13.3 Å². The standard InChI is InChI=1S/C12H19N5O2/c1-4-7-13-11(18)8-14-10-6-5-9(15-16-10)12(19)17(2)3/h5-6H,4,7-8H2,1-3H3,(H,13,18)(H,14,16). The molecule has 0 saturated heterocycles. The van der Waals surface area contributed by atoms with Crippen LogP contribution in [0.1, 0.15) is 23.8 Å². The summed E-state index contributed by atoms with van der Waals surface area (Å²) < 4.78 is 0. The average molecular weight is 265 g/mol. The van der Waals surface area contributed by atoms with Crippen molar-refractivity contribution in [3.63, 3.8) is 0 Å². The summed E-state index contributed by atoms with van der Waals surface area (Å²) in [5.41, 5.74) is 0.269. The van der Waals surface area contributed by atoms with E-state index in [0.29, 0.717) is 12.4 Å². The lowest BCUT2D eigenvalue weighted by atomic mass is 10.3. The summed E-state index contributed by atoms with van der Waals surface area (Å²) >= 11 is 0. The normalized spacial score (nSPS) is 9.84. The lowest BCUT2D eigenvalue weighted by Crippen LogP contribution is -2.30. The molecule has 0 saturated carbocycles. The van der Waals surface area contributed by atoms with E-state index in [4.69, 9.17) is 0 Å². The summed E-state index contributed by atoms with van der Waals surface area (Å²) in [4.78, 5) is 24.4. The largest absolute Gasteiger partial charge is 0.360 e. The number of amides is 2. The van der Waals surface area contributed by atoms with Gasteiger partial charge in [-0.15, -0.1) is 10.2 Å². The minimum atomic E-state index is -0.209. The number of hydrogen-bond donors (Lipinski definition) is 2. The molecule has 1 heterocycles. The Bertz CT molecular complexity index is 430. The molecule has 7 nitrogen and oxygen atoms in total. The Morgan fingerprint density at radius 3 is 2.53 bits per heavy atom. The number of nitrogens with zero attached hydrogens (tertiary/aromatic N) is 3. The summed E-state index contributed by atoms with van der Waals surface area (Å²) in [6, 6.07) is 3.19. The summed E-state index contributed by atoms with van der Waals surface area (Å²) in [5.74, 6) is 0.152. The van der Waals surface area contributed by atoms with Gasteiger partial charge in [0.2, 0.25) is 5.91 Å². The smallest absolute Gasteiger partial charge is 0.273 e. The molecule has 1 rings (SSSR count). The van der Waals surface area contributed by atoms with Gasteiger partial charge in [0, 0.05) is 20.6 Å². The predicted molar refractivity (Wildman–Crippen MR) is 71.8 cm³/mol. The highest BCUT2D eigenvalue weighted by molar-refractivity contribution is 5.91. The van der Waals surface area contributed by atoms with E-state index in [0.717, 1.165) is 6.42 Å². The molecule has 2 N–H and O–H groups in total. The quantitative estimate of drug-likeness (QED) is 0.762. The van der Waals surface area contributed by atoms with Gasteiger partial charge in [-0.25, -0.2) is 0 Å². The van der Waals surface area contributed by atoms with Crippen molar-refractivity contribution in [3.8, 4) is 0 Å². The van der Waals surface area contributed by atoms with Crippen molar-refractivity contribution < 1.29 is 9.59 Å². The van der Waals surface area contributed by atoms with Gasteiger partial charge in [-0.05, 0) is 18.6 Å². The predicted octanol–water partition coefficient (Wildman–Crippen LogP) is 0.116. The zero-order chi connectivity index (χ0) is 14.3. The fourth-order valence-corrected chi connectivity index (χ4v) is 1.27. The lowest BCUT2D eigenvalue weighted by molar-refractivity contribution is -0.119.